The van der Waals surface area contributed by atoms with Crippen LogP contribution in [0, 0.1) is 13.8 Å². The van der Waals surface area contributed by atoms with Crippen molar-refractivity contribution in [2.75, 3.05) is 27.2 Å². The molecule has 0 aliphatic heterocycles. The van der Waals surface area contributed by atoms with Gasteiger partial charge in [-0.2, -0.15) is 0 Å². The fourth-order valence-electron chi connectivity index (χ4n) is 1.52. The molecule has 1 aromatic heterocycles. The predicted octanol–water partition coefficient (Wildman–Crippen LogP) is 1.89. The molecule has 0 radical (unpaired) electrons. The first kappa shape index (κ1) is 16.9. The number of aryl methyl sites for hydroxylation is 2. The van der Waals surface area contributed by atoms with Gasteiger partial charge in [-0.15, -0.1) is 11.3 Å². The summed E-state index contributed by atoms with van der Waals surface area (Å²) >= 11 is 1.76. The molecule has 0 unspecified atom stereocenters. The van der Waals surface area contributed by atoms with Gasteiger partial charge in [0.1, 0.15) is 0 Å². The van der Waals surface area contributed by atoms with Gasteiger partial charge in [0.2, 0.25) is 0 Å². The van der Waals surface area contributed by atoms with E-state index in [0.717, 1.165) is 24.6 Å². The molecule has 0 amide bonds. The molecule has 20 heavy (non-hydrogen) atoms. The molecule has 0 bridgehead atoms. The quantitative estimate of drug-likeness (QED) is 0.622. The van der Waals surface area contributed by atoms with Crippen LogP contribution in [0.1, 0.15) is 29.4 Å². The van der Waals surface area contributed by atoms with Crippen LogP contribution in [0.25, 0.3) is 0 Å². The lowest BCUT2D eigenvalue weighted by Gasteiger charge is -2.24. The van der Waals surface area contributed by atoms with Crippen molar-refractivity contribution in [2.45, 2.75) is 39.7 Å². The summed E-state index contributed by atoms with van der Waals surface area (Å²) < 4.78 is 5.37. The lowest BCUT2D eigenvalue weighted by molar-refractivity contribution is 0.0268. The summed E-state index contributed by atoms with van der Waals surface area (Å²) in [6, 6.07) is 0. The van der Waals surface area contributed by atoms with E-state index in [9.17, 15) is 0 Å². The van der Waals surface area contributed by atoms with Gasteiger partial charge < -0.3 is 15.4 Å². The van der Waals surface area contributed by atoms with Crippen LogP contribution in [0.5, 0.6) is 0 Å². The number of thiazole rings is 1. The minimum absolute atomic E-state index is 0.207. The first-order valence-electron chi connectivity index (χ1n) is 6.80. The summed E-state index contributed by atoms with van der Waals surface area (Å²) in [6.07, 6.45) is 0.910. The van der Waals surface area contributed by atoms with Crippen molar-refractivity contribution >= 4 is 17.3 Å². The van der Waals surface area contributed by atoms with Crippen LogP contribution in [0.4, 0.5) is 0 Å². The van der Waals surface area contributed by atoms with E-state index in [-0.39, 0.29) is 5.60 Å². The maximum atomic E-state index is 5.37. The molecule has 0 fully saturated rings. The monoisotopic (exact) mass is 298 g/mol. The maximum absolute atomic E-state index is 5.37. The largest absolute Gasteiger partial charge is 0.377 e. The van der Waals surface area contributed by atoms with Crippen molar-refractivity contribution in [3.8, 4) is 0 Å². The highest BCUT2D eigenvalue weighted by molar-refractivity contribution is 7.11. The van der Waals surface area contributed by atoms with Crippen LogP contribution >= 0.6 is 11.3 Å². The smallest absolute Gasteiger partial charge is 0.191 e. The number of nitrogens with zero attached hydrogens (tertiary/aromatic N) is 2. The van der Waals surface area contributed by atoms with Crippen molar-refractivity contribution in [3.05, 3.63) is 15.6 Å². The maximum Gasteiger partial charge on any atom is 0.191 e. The van der Waals surface area contributed by atoms with E-state index in [1.807, 2.05) is 13.8 Å². The number of aromatic nitrogens is 1. The van der Waals surface area contributed by atoms with Crippen LogP contribution in [0.2, 0.25) is 0 Å². The van der Waals surface area contributed by atoms with E-state index in [2.05, 4.69) is 34.5 Å². The molecule has 0 saturated heterocycles. The van der Waals surface area contributed by atoms with Gasteiger partial charge in [-0.25, -0.2) is 4.98 Å². The van der Waals surface area contributed by atoms with Crippen LogP contribution in [0.15, 0.2) is 4.99 Å². The molecule has 6 heteroatoms. The van der Waals surface area contributed by atoms with E-state index in [1.165, 1.54) is 9.88 Å². The molecule has 1 aromatic rings. The van der Waals surface area contributed by atoms with Gasteiger partial charge in [-0.05, 0) is 27.7 Å². The van der Waals surface area contributed by atoms with Crippen LogP contribution in [0.3, 0.4) is 0 Å². The number of ether oxygens (including phenoxy) is 1. The molecular weight excluding hydrogens is 272 g/mol. The van der Waals surface area contributed by atoms with Crippen molar-refractivity contribution < 1.29 is 4.74 Å². The van der Waals surface area contributed by atoms with Crippen LogP contribution < -0.4 is 10.6 Å². The molecule has 2 N–H and O–H groups in total. The van der Waals surface area contributed by atoms with Gasteiger partial charge in [0, 0.05) is 38.5 Å². The van der Waals surface area contributed by atoms with E-state index in [1.54, 1.807) is 25.5 Å². The average molecular weight is 298 g/mol. The minimum atomic E-state index is -0.207. The van der Waals surface area contributed by atoms with Gasteiger partial charge >= 0.3 is 0 Å². The number of nitrogens with one attached hydrogen (secondary N) is 2. The fraction of sp³-hybridized carbons (Fsp3) is 0.714. The number of hydrogen-bond acceptors (Lipinski definition) is 4. The highest BCUT2D eigenvalue weighted by Crippen LogP contribution is 2.16. The highest BCUT2D eigenvalue weighted by Gasteiger charge is 2.16. The highest BCUT2D eigenvalue weighted by atomic mass is 32.1. The standard InChI is InChI=1S/C14H26N4OS/c1-10-11(2)20-12(18-10)7-8-16-13(15-5)17-9-14(3,4)19-6/h7-9H2,1-6H3,(H2,15,16,17). The van der Waals surface area contributed by atoms with Crippen molar-refractivity contribution in [2.24, 2.45) is 4.99 Å². The summed E-state index contributed by atoms with van der Waals surface area (Å²) in [6.45, 7) is 9.76. The second-order valence-corrected chi connectivity index (χ2v) is 6.60. The zero-order valence-corrected chi connectivity index (χ0v) is 14.1. The van der Waals surface area contributed by atoms with Crippen molar-refractivity contribution in [3.63, 3.8) is 0 Å². The summed E-state index contributed by atoms with van der Waals surface area (Å²) in [5.41, 5.74) is 0.926. The molecule has 0 aromatic carbocycles. The third-order valence-corrected chi connectivity index (χ3v) is 4.29. The Labute approximate surface area is 125 Å². The van der Waals surface area contributed by atoms with Gasteiger partial charge in [0.15, 0.2) is 5.96 Å². The van der Waals surface area contributed by atoms with Crippen molar-refractivity contribution in [1.82, 2.24) is 15.6 Å². The Hall–Kier alpha value is -1.14. The molecule has 0 aliphatic carbocycles. The van der Waals surface area contributed by atoms with Gasteiger partial charge in [-0.1, -0.05) is 0 Å². The van der Waals surface area contributed by atoms with Crippen LogP contribution in [-0.2, 0) is 11.2 Å². The zero-order chi connectivity index (χ0) is 15.2. The molecule has 1 heterocycles. The Kier molecular flexibility index (Phi) is 6.42. The molecule has 5 nitrogen and oxygen atoms in total. The zero-order valence-electron chi connectivity index (χ0n) is 13.3. The van der Waals surface area contributed by atoms with Gasteiger partial charge in [0.25, 0.3) is 0 Å². The molecule has 0 aliphatic rings. The van der Waals surface area contributed by atoms with E-state index in [4.69, 9.17) is 4.74 Å². The van der Waals surface area contributed by atoms with E-state index in [0.29, 0.717) is 6.54 Å². The second-order valence-electron chi connectivity index (χ2n) is 5.32. The van der Waals surface area contributed by atoms with Crippen LogP contribution in [-0.4, -0.2) is 43.8 Å². The Morgan fingerprint density at radius 3 is 2.55 bits per heavy atom. The minimum Gasteiger partial charge on any atom is -0.377 e. The molecule has 0 saturated carbocycles. The number of guanidine groups is 1. The molecular formula is C14H26N4OS. The van der Waals surface area contributed by atoms with Gasteiger partial charge in [0.05, 0.1) is 16.3 Å². The summed E-state index contributed by atoms with van der Waals surface area (Å²) in [4.78, 5) is 10.0. The first-order valence-corrected chi connectivity index (χ1v) is 7.62. The summed E-state index contributed by atoms with van der Waals surface area (Å²) in [5.74, 6) is 0.792. The Balaban J connectivity index is 2.35. The third-order valence-electron chi connectivity index (χ3n) is 3.16. The number of hydrogen-bond donors (Lipinski definition) is 2. The first-order chi connectivity index (χ1) is 9.38. The number of methoxy groups -OCH3 is 1. The Bertz CT molecular complexity index is 435. The van der Waals surface area contributed by atoms with E-state index < -0.39 is 0 Å². The van der Waals surface area contributed by atoms with E-state index >= 15 is 0 Å². The molecule has 0 spiro atoms. The fourth-order valence-corrected chi connectivity index (χ4v) is 2.46. The second kappa shape index (κ2) is 7.59. The Morgan fingerprint density at radius 1 is 1.35 bits per heavy atom. The molecule has 114 valence electrons. The molecule has 1 rings (SSSR count). The predicted molar refractivity (Wildman–Crippen MR) is 85.7 cm³/mol. The average Bonchev–Trinajstić information content (AvgIpc) is 2.72. The Morgan fingerprint density at radius 2 is 2.05 bits per heavy atom. The number of aliphatic imine (C=N–C) groups is 1. The third kappa shape index (κ3) is 5.46. The SMILES string of the molecule is CN=C(NCCc1nc(C)c(C)s1)NCC(C)(C)OC. The lowest BCUT2D eigenvalue weighted by Crippen LogP contribution is -2.45. The molecule has 0 atom stereocenters. The topological polar surface area (TPSA) is 58.5 Å². The van der Waals surface area contributed by atoms with Crippen molar-refractivity contribution in [1.29, 1.82) is 0 Å². The summed E-state index contributed by atoms with van der Waals surface area (Å²) in [5, 5.41) is 7.72. The normalized spacial score (nSPS) is 12.6. The lowest BCUT2D eigenvalue weighted by atomic mass is 10.1. The number of rotatable bonds is 6. The van der Waals surface area contributed by atoms with Gasteiger partial charge in [-0.3, -0.25) is 4.99 Å². The summed E-state index contributed by atoms with van der Waals surface area (Å²) in [7, 11) is 3.48.